The van der Waals surface area contributed by atoms with Gasteiger partial charge < -0.3 is 4.90 Å². The fourth-order valence-electron chi connectivity index (χ4n) is 1.94. The van der Waals surface area contributed by atoms with Crippen LogP contribution in [0.1, 0.15) is 12.8 Å². The molecule has 86 valence electrons. The van der Waals surface area contributed by atoms with Crippen molar-refractivity contribution in [3.8, 4) is 12.3 Å². The molecule has 0 unspecified atom stereocenters. The summed E-state index contributed by atoms with van der Waals surface area (Å²) >= 11 is 1.72. The van der Waals surface area contributed by atoms with Crippen molar-refractivity contribution < 1.29 is 0 Å². The zero-order valence-corrected chi connectivity index (χ0v) is 10.2. The van der Waals surface area contributed by atoms with Crippen LogP contribution in [0, 0.1) is 12.3 Å². The number of nitrogens with zero attached hydrogens (tertiary/aromatic N) is 3. The van der Waals surface area contributed by atoms with E-state index in [2.05, 4.69) is 20.7 Å². The van der Waals surface area contributed by atoms with Crippen LogP contribution in [0.25, 0.3) is 0 Å². The van der Waals surface area contributed by atoms with E-state index in [0.717, 1.165) is 50.7 Å². The van der Waals surface area contributed by atoms with Crippen molar-refractivity contribution in [3.63, 3.8) is 0 Å². The second kappa shape index (κ2) is 5.88. The number of anilines is 1. The highest BCUT2D eigenvalue weighted by Gasteiger charge is 2.17. The summed E-state index contributed by atoms with van der Waals surface area (Å²) in [4.78, 5) is 9.19. The van der Waals surface area contributed by atoms with Crippen molar-refractivity contribution in [2.45, 2.75) is 12.8 Å². The Labute approximate surface area is 101 Å². The Morgan fingerprint density at radius 2 is 2.19 bits per heavy atom. The second-order valence-corrected chi connectivity index (χ2v) is 4.82. The first kappa shape index (κ1) is 11.4. The van der Waals surface area contributed by atoms with Crippen LogP contribution in [0.2, 0.25) is 0 Å². The van der Waals surface area contributed by atoms with Gasteiger partial charge in [0, 0.05) is 44.2 Å². The highest BCUT2D eigenvalue weighted by atomic mass is 32.1. The number of thiazole rings is 1. The molecule has 2 rings (SSSR count). The number of hydrogen-bond donors (Lipinski definition) is 0. The Morgan fingerprint density at radius 1 is 1.38 bits per heavy atom. The molecular weight excluding hydrogens is 218 g/mol. The summed E-state index contributed by atoms with van der Waals surface area (Å²) in [5.41, 5.74) is 0. The van der Waals surface area contributed by atoms with Crippen LogP contribution in [0.3, 0.4) is 0 Å². The quantitative estimate of drug-likeness (QED) is 0.585. The summed E-state index contributed by atoms with van der Waals surface area (Å²) < 4.78 is 0. The molecule has 0 saturated carbocycles. The average Bonchev–Trinajstić information content (AvgIpc) is 2.84. The molecule has 1 aromatic rings. The molecule has 0 spiro atoms. The zero-order valence-electron chi connectivity index (χ0n) is 9.43. The molecule has 1 saturated heterocycles. The lowest BCUT2D eigenvalue weighted by molar-refractivity contribution is 0.256. The third kappa shape index (κ3) is 2.97. The third-order valence-electron chi connectivity index (χ3n) is 2.86. The van der Waals surface area contributed by atoms with Crippen molar-refractivity contribution in [2.24, 2.45) is 0 Å². The zero-order chi connectivity index (χ0) is 11.2. The first-order valence-corrected chi connectivity index (χ1v) is 6.58. The lowest BCUT2D eigenvalue weighted by Gasteiger charge is -2.34. The predicted octanol–water partition coefficient (Wildman–Crippen LogP) is 1.68. The highest BCUT2D eigenvalue weighted by molar-refractivity contribution is 7.13. The number of terminal acetylenes is 1. The van der Waals surface area contributed by atoms with Gasteiger partial charge in [0.25, 0.3) is 0 Å². The second-order valence-electron chi connectivity index (χ2n) is 3.95. The Balaban J connectivity index is 1.73. The van der Waals surface area contributed by atoms with E-state index in [1.165, 1.54) is 0 Å². The number of hydrogen-bond acceptors (Lipinski definition) is 4. The van der Waals surface area contributed by atoms with Gasteiger partial charge in [-0.1, -0.05) is 0 Å². The largest absolute Gasteiger partial charge is 0.346 e. The average molecular weight is 235 g/mol. The molecule has 4 heteroatoms. The molecule has 1 aliphatic heterocycles. The summed E-state index contributed by atoms with van der Waals surface area (Å²) in [6.07, 6.45) is 9.14. The summed E-state index contributed by atoms with van der Waals surface area (Å²) in [7, 11) is 0. The van der Waals surface area contributed by atoms with Crippen LogP contribution in [0.5, 0.6) is 0 Å². The lowest BCUT2D eigenvalue weighted by atomic mass is 10.2. The van der Waals surface area contributed by atoms with Crippen molar-refractivity contribution in [2.75, 3.05) is 37.6 Å². The molecule has 0 N–H and O–H groups in total. The Bertz CT molecular complexity index is 334. The van der Waals surface area contributed by atoms with Crippen molar-refractivity contribution in [1.82, 2.24) is 9.88 Å². The predicted molar refractivity (Wildman–Crippen MR) is 68.8 cm³/mol. The molecule has 0 radical (unpaired) electrons. The number of piperazine rings is 1. The molecule has 1 aliphatic rings. The van der Waals surface area contributed by atoms with E-state index in [1.54, 1.807) is 11.3 Å². The van der Waals surface area contributed by atoms with Gasteiger partial charge in [-0.05, 0) is 13.0 Å². The van der Waals surface area contributed by atoms with Crippen molar-refractivity contribution >= 4 is 16.5 Å². The van der Waals surface area contributed by atoms with Crippen molar-refractivity contribution in [1.29, 1.82) is 0 Å². The van der Waals surface area contributed by atoms with Gasteiger partial charge in [-0.25, -0.2) is 4.98 Å². The molecule has 0 bridgehead atoms. The summed E-state index contributed by atoms with van der Waals surface area (Å²) in [5, 5.41) is 3.19. The fourth-order valence-corrected chi connectivity index (χ4v) is 2.64. The summed E-state index contributed by atoms with van der Waals surface area (Å²) in [6, 6.07) is 0. The van der Waals surface area contributed by atoms with Gasteiger partial charge in [0.2, 0.25) is 0 Å². The van der Waals surface area contributed by atoms with E-state index < -0.39 is 0 Å². The molecule has 3 nitrogen and oxygen atoms in total. The van der Waals surface area contributed by atoms with Crippen LogP contribution in [0.4, 0.5) is 5.13 Å². The van der Waals surface area contributed by atoms with E-state index in [9.17, 15) is 0 Å². The smallest absolute Gasteiger partial charge is 0.185 e. The molecule has 0 aromatic carbocycles. The minimum absolute atomic E-state index is 0.896. The van der Waals surface area contributed by atoms with Crippen LogP contribution in [-0.2, 0) is 0 Å². The number of aromatic nitrogens is 1. The first-order chi connectivity index (χ1) is 7.90. The monoisotopic (exact) mass is 235 g/mol. The molecule has 0 amide bonds. The van der Waals surface area contributed by atoms with Crippen molar-refractivity contribution in [3.05, 3.63) is 11.6 Å². The maximum absolute atomic E-state index is 5.25. The number of unbranched alkanes of at least 4 members (excludes halogenated alkanes) is 1. The van der Waals surface area contributed by atoms with Crippen LogP contribution >= 0.6 is 11.3 Å². The van der Waals surface area contributed by atoms with Gasteiger partial charge >= 0.3 is 0 Å². The Kier molecular flexibility index (Phi) is 4.20. The van der Waals surface area contributed by atoms with E-state index in [4.69, 9.17) is 6.42 Å². The molecule has 1 aromatic heterocycles. The molecule has 0 aliphatic carbocycles. The lowest BCUT2D eigenvalue weighted by Crippen LogP contribution is -2.46. The van der Waals surface area contributed by atoms with Gasteiger partial charge in [0.1, 0.15) is 0 Å². The topological polar surface area (TPSA) is 19.4 Å². The van der Waals surface area contributed by atoms with Gasteiger partial charge in [-0.3, -0.25) is 4.90 Å². The minimum atomic E-state index is 0.896. The molecule has 1 fully saturated rings. The van der Waals surface area contributed by atoms with E-state index >= 15 is 0 Å². The molecule has 2 heterocycles. The van der Waals surface area contributed by atoms with Crippen LogP contribution in [0.15, 0.2) is 11.6 Å². The highest BCUT2D eigenvalue weighted by Crippen LogP contribution is 2.18. The molecule has 0 atom stereocenters. The maximum atomic E-state index is 5.25. The molecular formula is C12H17N3S. The Morgan fingerprint density at radius 3 is 2.81 bits per heavy atom. The van der Waals surface area contributed by atoms with Crippen LogP contribution in [-0.4, -0.2) is 42.6 Å². The first-order valence-electron chi connectivity index (χ1n) is 5.70. The van der Waals surface area contributed by atoms with Gasteiger partial charge in [0.05, 0.1) is 0 Å². The summed E-state index contributed by atoms with van der Waals surface area (Å²) in [5.74, 6) is 2.69. The van der Waals surface area contributed by atoms with Crippen LogP contribution < -0.4 is 4.90 Å². The standard InChI is InChI=1S/C12H17N3S/c1-2-3-4-6-14-7-9-15(10-8-14)12-13-5-11-16-12/h1,5,11H,3-4,6-10H2. The SMILES string of the molecule is C#CCCCN1CCN(c2nccs2)CC1. The maximum Gasteiger partial charge on any atom is 0.185 e. The normalized spacial score (nSPS) is 17.3. The summed E-state index contributed by atoms with van der Waals surface area (Å²) in [6.45, 7) is 5.57. The van der Waals surface area contributed by atoms with E-state index in [0.29, 0.717) is 0 Å². The van der Waals surface area contributed by atoms with Gasteiger partial charge in [-0.2, -0.15) is 0 Å². The van der Waals surface area contributed by atoms with Gasteiger partial charge in [-0.15, -0.1) is 23.7 Å². The third-order valence-corrected chi connectivity index (χ3v) is 3.69. The number of rotatable bonds is 4. The molecule has 16 heavy (non-hydrogen) atoms. The fraction of sp³-hybridized carbons (Fsp3) is 0.583. The van der Waals surface area contributed by atoms with Gasteiger partial charge in [0.15, 0.2) is 5.13 Å². The minimum Gasteiger partial charge on any atom is -0.346 e. The Hall–Kier alpha value is -1.05. The van der Waals surface area contributed by atoms with E-state index in [-0.39, 0.29) is 0 Å². The van der Waals surface area contributed by atoms with E-state index in [1.807, 2.05) is 11.6 Å².